The van der Waals surface area contributed by atoms with Gasteiger partial charge in [-0.2, -0.15) is 5.10 Å². The van der Waals surface area contributed by atoms with Crippen LogP contribution in [0.3, 0.4) is 0 Å². The topological polar surface area (TPSA) is 76.5 Å². The van der Waals surface area contributed by atoms with Gasteiger partial charge in [0.2, 0.25) is 0 Å². The molecule has 1 aliphatic heterocycles. The first-order valence-corrected chi connectivity index (χ1v) is 8.90. The summed E-state index contributed by atoms with van der Waals surface area (Å²) in [5.74, 6) is 0.301. The molecule has 0 bridgehead atoms. The standard InChI is InChI=1S/C16H25BrN4O3/c1-16(2,3)24-15(23)18-9-11-5-7-21(8-6-11)14(22)13-12(17)10-20(4)19-13/h10-11H,5-9H2,1-4H3,(H,18,23). The van der Waals surface area contributed by atoms with Crippen LogP contribution in [0, 0.1) is 5.92 Å². The van der Waals surface area contributed by atoms with E-state index < -0.39 is 11.7 Å². The Labute approximate surface area is 150 Å². The third-order valence-electron chi connectivity index (χ3n) is 3.82. The number of hydrogen-bond acceptors (Lipinski definition) is 4. The molecule has 0 saturated carbocycles. The number of aryl methyl sites for hydroxylation is 1. The monoisotopic (exact) mass is 400 g/mol. The second-order valence-corrected chi connectivity index (χ2v) is 7.97. The fourth-order valence-electron chi connectivity index (χ4n) is 2.64. The average Bonchev–Trinajstić information content (AvgIpc) is 2.82. The van der Waals surface area contributed by atoms with Crippen LogP contribution in [0.25, 0.3) is 0 Å². The predicted octanol–water partition coefficient (Wildman–Crippen LogP) is 2.56. The SMILES string of the molecule is Cn1cc(Br)c(C(=O)N2CCC(CNC(=O)OC(C)(C)C)CC2)n1. The van der Waals surface area contributed by atoms with Gasteiger partial charge in [0.15, 0.2) is 5.69 Å². The van der Waals surface area contributed by atoms with E-state index in [1.807, 2.05) is 25.7 Å². The molecule has 1 aliphatic rings. The number of nitrogens with one attached hydrogen (secondary N) is 1. The third kappa shape index (κ3) is 5.22. The Morgan fingerprint density at radius 2 is 2.00 bits per heavy atom. The summed E-state index contributed by atoms with van der Waals surface area (Å²) in [7, 11) is 1.79. The first-order chi connectivity index (χ1) is 11.2. The molecule has 134 valence electrons. The number of piperidine rings is 1. The molecule has 7 nitrogen and oxygen atoms in total. The summed E-state index contributed by atoms with van der Waals surface area (Å²) in [6, 6.07) is 0. The molecular formula is C16H25BrN4O3. The molecule has 1 fully saturated rings. The molecule has 1 saturated heterocycles. The highest BCUT2D eigenvalue weighted by Crippen LogP contribution is 2.21. The Balaban J connectivity index is 1.78. The summed E-state index contributed by atoms with van der Waals surface area (Å²) in [5, 5.41) is 7.01. The van der Waals surface area contributed by atoms with Crippen LogP contribution in [-0.2, 0) is 11.8 Å². The number of amides is 2. The van der Waals surface area contributed by atoms with Crippen LogP contribution in [0.2, 0.25) is 0 Å². The molecule has 1 aromatic rings. The lowest BCUT2D eigenvalue weighted by Crippen LogP contribution is -2.42. The van der Waals surface area contributed by atoms with Crippen molar-refractivity contribution in [2.75, 3.05) is 19.6 Å². The van der Waals surface area contributed by atoms with Crippen LogP contribution >= 0.6 is 15.9 Å². The molecule has 1 N–H and O–H groups in total. The molecule has 0 aliphatic carbocycles. The van der Waals surface area contributed by atoms with Crippen molar-refractivity contribution in [3.05, 3.63) is 16.4 Å². The maximum absolute atomic E-state index is 12.5. The zero-order valence-electron chi connectivity index (χ0n) is 14.6. The summed E-state index contributed by atoms with van der Waals surface area (Å²) in [4.78, 5) is 26.0. The summed E-state index contributed by atoms with van der Waals surface area (Å²) >= 11 is 3.37. The Morgan fingerprint density at radius 3 is 2.50 bits per heavy atom. The van der Waals surface area contributed by atoms with E-state index >= 15 is 0 Å². The molecule has 2 rings (SSSR count). The molecule has 24 heavy (non-hydrogen) atoms. The third-order valence-corrected chi connectivity index (χ3v) is 4.40. The number of carbonyl (C=O) groups excluding carboxylic acids is 2. The van der Waals surface area contributed by atoms with Gasteiger partial charge < -0.3 is 15.0 Å². The lowest BCUT2D eigenvalue weighted by atomic mass is 9.96. The molecule has 2 amide bonds. The highest BCUT2D eigenvalue weighted by Gasteiger charge is 2.27. The Kier molecular flexibility index (Phi) is 5.90. The van der Waals surface area contributed by atoms with Gasteiger partial charge in [0, 0.05) is 32.9 Å². The number of carbonyl (C=O) groups is 2. The number of rotatable bonds is 3. The molecule has 1 aromatic heterocycles. The Hall–Kier alpha value is -1.57. The summed E-state index contributed by atoms with van der Waals surface area (Å²) < 4.78 is 7.56. The highest BCUT2D eigenvalue weighted by atomic mass is 79.9. The summed E-state index contributed by atoms with van der Waals surface area (Å²) in [6.07, 6.45) is 3.08. The van der Waals surface area contributed by atoms with Crippen molar-refractivity contribution >= 4 is 27.9 Å². The first kappa shape index (κ1) is 18.8. The van der Waals surface area contributed by atoms with Gasteiger partial charge in [-0.15, -0.1) is 0 Å². The Morgan fingerprint density at radius 1 is 1.38 bits per heavy atom. The number of aromatic nitrogens is 2. The van der Waals surface area contributed by atoms with Gasteiger partial charge >= 0.3 is 6.09 Å². The molecule has 8 heteroatoms. The van der Waals surface area contributed by atoms with Gasteiger partial charge in [-0.1, -0.05) is 0 Å². The van der Waals surface area contributed by atoms with Crippen molar-refractivity contribution < 1.29 is 14.3 Å². The highest BCUT2D eigenvalue weighted by molar-refractivity contribution is 9.10. The number of nitrogens with zero attached hydrogens (tertiary/aromatic N) is 3. The van der Waals surface area contributed by atoms with Gasteiger partial charge in [-0.25, -0.2) is 4.79 Å². The van der Waals surface area contributed by atoms with E-state index in [1.165, 1.54) is 0 Å². The van der Waals surface area contributed by atoms with E-state index in [4.69, 9.17) is 4.74 Å². The summed E-state index contributed by atoms with van der Waals surface area (Å²) in [6.45, 7) is 7.43. The lowest BCUT2D eigenvalue weighted by Gasteiger charge is -2.32. The van der Waals surface area contributed by atoms with E-state index in [1.54, 1.807) is 17.9 Å². The van der Waals surface area contributed by atoms with E-state index in [9.17, 15) is 9.59 Å². The minimum absolute atomic E-state index is 0.0546. The van der Waals surface area contributed by atoms with Gasteiger partial charge in [-0.3, -0.25) is 9.48 Å². The van der Waals surface area contributed by atoms with Crippen molar-refractivity contribution in [1.29, 1.82) is 0 Å². The zero-order valence-corrected chi connectivity index (χ0v) is 16.2. The maximum Gasteiger partial charge on any atom is 0.407 e. The number of ether oxygens (including phenoxy) is 1. The van der Waals surface area contributed by atoms with E-state index in [0.29, 0.717) is 35.7 Å². The fourth-order valence-corrected chi connectivity index (χ4v) is 3.18. The van der Waals surface area contributed by atoms with Gasteiger partial charge in [-0.05, 0) is 55.5 Å². The van der Waals surface area contributed by atoms with Crippen LogP contribution < -0.4 is 5.32 Å². The van der Waals surface area contributed by atoms with Crippen LogP contribution in [0.4, 0.5) is 4.79 Å². The fraction of sp³-hybridized carbons (Fsp3) is 0.688. The lowest BCUT2D eigenvalue weighted by molar-refractivity contribution is 0.0499. The first-order valence-electron chi connectivity index (χ1n) is 8.11. The normalized spacial score (nSPS) is 16.1. The van der Waals surface area contributed by atoms with Crippen molar-refractivity contribution in [2.24, 2.45) is 13.0 Å². The largest absolute Gasteiger partial charge is 0.444 e. The second kappa shape index (κ2) is 7.55. The maximum atomic E-state index is 12.5. The van der Waals surface area contributed by atoms with E-state index in [-0.39, 0.29) is 5.91 Å². The summed E-state index contributed by atoms with van der Waals surface area (Å²) in [5.41, 5.74) is -0.0431. The van der Waals surface area contributed by atoms with E-state index in [2.05, 4.69) is 26.3 Å². The van der Waals surface area contributed by atoms with Gasteiger partial charge in [0.05, 0.1) is 4.47 Å². The second-order valence-electron chi connectivity index (χ2n) is 7.12. The molecular weight excluding hydrogens is 376 g/mol. The quantitative estimate of drug-likeness (QED) is 0.845. The molecule has 2 heterocycles. The van der Waals surface area contributed by atoms with Crippen LogP contribution in [-0.4, -0.2) is 51.9 Å². The zero-order chi connectivity index (χ0) is 17.9. The average molecular weight is 401 g/mol. The molecule has 0 unspecified atom stereocenters. The molecule has 0 atom stereocenters. The van der Waals surface area contributed by atoms with Crippen molar-refractivity contribution in [3.63, 3.8) is 0 Å². The van der Waals surface area contributed by atoms with Crippen LogP contribution in [0.1, 0.15) is 44.1 Å². The predicted molar refractivity (Wildman–Crippen MR) is 93.8 cm³/mol. The smallest absolute Gasteiger partial charge is 0.407 e. The minimum Gasteiger partial charge on any atom is -0.444 e. The van der Waals surface area contributed by atoms with Gasteiger partial charge in [0.25, 0.3) is 5.91 Å². The van der Waals surface area contributed by atoms with Crippen LogP contribution in [0.5, 0.6) is 0 Å². The van der Waals surface area contributed by atoms with Crippen LogP contribution in [0.15, 0.2) is 10.7 Å². The van der Waals surface area contributed by atoms with Gasteiger partial charge in [0.1, 0.15) is 5.60 Å². The number of halogens is 1. The Bertz CT molecular complexity index is 601. The van der Waals surface area contributed by atoms with Crippen molar-refractivity contribution in [3.8, 4) is 0 Å². The number of hydrogen-bond donors (Lipinski definition) is 1. The molecule has 0 radical (unpaired) electrons. The number of likely N-dealkylation sites (tertiary alicyclic amines) is 1. The molecule has 0 aromatic carbocycles. The minimum atomic E-state index is -0.490. The van der Waals surface area contributed by atoms with E-state index in [0.717, 1.165) is 12.8 Å². The van der Waals surface area contributed by atoms with Crippen molar-refractivity contribution in [2.45, 2.75) is 39.2 Å². The van der Waals surface area contributed by atoms with Crippen molar-refractivity contribution in [1.82, 2.24) is 20.0 Å². The molecule has 0 spiro atoms. The number of alkyl carbamates (subject to hydrolysis) is 1.